The van der Waals surface area contributed by atoms with Gasteiger partial charge in [0.25, 0.3) is 0 Å². The Morgan fingerprint density at radius 3 is 2.40 bits per heavy atom. The standard InChI is InChI=1S/C8H15NO/c1-4-7(5-2)8(10)9-6-3/h4H,5-6H2,1-3H3,(H,9,10). The number of hydrogen-bond acceptors (Lipinski definition) is 1. The molecule has 0 aromatic heterocycles. The number of allylic oxidation sites excluding steroid dienone is 1. The van der Waals surface area contributed by atoms with Crippen molar-refractivity contribution in [2.45, 2.75) is 27.2 Å². The molecular weight excluding hydrogens is 126 g/mol. The number of rotatable bonds is 3. The second-order valence-electron chi connectivity index (χ2n) is 2.03. The van der Waals surface area contributed by atoms with Crippen molar-refractivity contribution in [2.75, 3.05) is 6.54 Å². The summed E-state index contributed by atoms with van der Waals surface area (Å²) in [6.07, 6.45) is 2.66. The molecule has 0 saturated heterocycles. The number of carbonyl (C=O) groups is 1. The summed E-state index contributed by atoms with van der Waals surface area (Å²) in [6, 6.07) is 0. The maximum atomic E-state index is 11.0. The SMILES string of the molecule is CC=C(CC)C(=O)NCC. The number of amides is 1. The van der Waals surface area contributed by atoms with Crippen LogP contribution < -0.4 is 5.32 Å². The molecule has 0 aromatic carbocycles. The van der Waals surface area contributed by atoms with Gasteiger partial charge in [-0.15, -0.1) is 0 Å². The molecule has 0 aliphatic rings. The second-order valence-corrected chi connectivity index (χ2v) is 2.03. The molecule has 0 atom stereocenters. The van der Waals surface area contributed by atoms with Gasteiger partial charge in [0.15, 0.2) is 0 Å². The number of likely N-dealkylation sites (N-methyl/N-ethyl adjacent to an activating group) is 1. The predicted octanol–water partition coefficient (Wildman–Crippen LogP) is 1.48. The van der Waals surface area contributed by atoms with E-state index in [9.17, 15) is 4.79 Å². The van der Waals surface area contributed by atoms with Crippen LogP contribution in [-0.4, -0.2) is 12.5 Å². The molecule has 58 valence electrons. The zero-order valence-corrected chi connectivity index (χ0v) is 6.90. The highest BCUT2D eigenvalue weighted by Gasteiger charge is 2.02. The van der Waals surface area contributed by atoms with Gasteiger partial charge >= 0.3 is 0 Å². The fourth-order valence-electron chi connectivity index (χ4n) is 0.770. The smallest absolute Gasteiger partial charge is 0.246 e. The van der Waals surface area contributed by atoms with Gasteiger partial charge in [-0.05, 0) is 20.3 Å². The number of nitrogens with one attached hydrogen (secondary N) is 1. The molecule has 0 bridgehead atoms. The Hall–Kier alpha value is -0.790. The largest absolute Gasteiger partial charge is 0.353 e. The lowest BCUT2D eigenvalue weighted by Gasteiger charge is -2.02. The maximum Gasteiger partial charge on any atom is 0.246 e. The third kappa shape index (κ3) is 2.67. The Balaban J connectivity index is 3.91. The van der Waals surface area contributed by atoms with Crippen molar-refractivity contribution < 1.29 is 4.79 Å². The third-order valence-corrected chi connectivity index (χ3v) is 1.36. The minimum Gasteiger partial charge on any atom is -0.353 e. The first-order valence-electron chi connectivity index (χ1n) is 3.69. The van der Waals surface area contributed by atoms with Crippen molar-refractivity contribution in [1.29, 1.82) is 0 Å². The van der Waals surface area contributed by atoms with Gasteiger partial charge in [-0.3, -0.25) is 4.79 Å². The van der Waals surface area contributed by atoms with Gasteiger partial charge in [0.05, 0.1) is 0 Å². The Morgan fingerprint density at radius 2 is 2.10 bits per heavy atom. The second kappa shape index (κ2) is 5.03. The monoisotopic (exact) mass is 141 g/mol. The molecule has 2 nitrogen and oxygen atoms in total. The van der Waals surface area contributed by atoms with Gasteiger partial charge in [-0.25, -0.2) is 0 Å². The van der Waals surface area contributed by atoms with Crippen LogP contribution in [0.15, 0.2) is 11.6 Å². The van der Waals surface area contributed by atoms with Gasteiger partial charge in [-0.1, -0.05) is 13.0 Å². The van der Waals surface area contributed by atoms with Gasteiger partial charge in [0, 0.05) is 12.1 Å². The van der Waals surface area contributed by atoms with Crippen LogP contribution in [-0.2, 0) is 4.79 Å². The van der Waals surface area contributed by atoms with E-state index in [0.717, 1.165) is 12.0 Å². The molecule has 0 aromatic rings. The molecule has 1 amide bonds. The molecule has 0 rings (SSSR count). The van der Waals surface area contributed by atoms with Gasteiger partial charge in [-0.2, -0.15) is 0 Å². The summed E-state index contributed by atoms with van der Waals surface area (Å²) >= 11 is 0. The van der Waals surface area contributed by atoms with Crippen LogP contribution in [0, 0.1) is 0 Å². The Kier molecular flexibility index (Phi) is 4.63. The van der Waals surface area contributed by atoms with E-state index < -0.39 is 0 Å². The van der Waals surface area contributed by atoms with Crippen LogP contribution in [0.1, 0.15) is 27.2 Å². The summed E-state index contributed by atoms with van der Waals surface area (Å²) in [6.45, 7) is 6.48. The predicted molar refractivity (Wildman–Crippen MR) is 42.7 cm³/mol. The van der Waals surface area contributed by atoms with Crippen molar-refractivity contribution in [3.8, 4) is 0 Å². The Labute approximate surface area is 62.3 Å². The topological polar surface area (TPSA) is 29.1 Å². The summed E-state index contributed by atoms with van der Waals surface area (Å²) in [5, 5.41) is 2.74. The highest BCUT2D eigenvalue weighted by Crippen LogP contribution is 1.98. The molecule has 0 spiro atoms. The van der Waals surface area contributed by atoms with Crippen LogP contribution in [0.2, 0.25) is 0 Å². The summed E-state index contributed by atoms with van der Waals surface area (Å²) in [5.41, 5.74) is 0.863. The zero-order chi connectivity index (χ0) is 7.98. The van der Waals surface area contributed by atoms with E-state index in [1.807, 2.05) is 26.8 Å². The molecule has 10 heavy (non-hydrogen) atoms. The number of hydrogen-bond donors (Lipinski definition) is 1. The Morgan fingerprint density at radius 1 is 1.50 bits per heavy atom. The molecule has 0 saturated carbocycles. The lowest BCUT2D eigenvalue weighted by molar-refractivity contribution is -0.117. The van der Waals surface area contributed by atoms with E-state index >= 15 is 0 Å². The fourth-order valence-corrected chi connectivity index (χ4v) is 0.770. The molecule has 0 aliphatic carbocycles. The molecule has 0 radical (unpaired) electrons. The molecule has 2 heteroatoms. The van der Waals surface area contributed by atoms with Gasteiger partial charge in [0.2, 0.25) is 5.91 Å². The van der Waals surface area contributed by atoms with Crippen molar-refractivity contribution in [3.05, 3.63) is 11.6 Å². The zero-order valence-electron chi connectivity index (χ0n) is 6.90. The third-order valence-electron chi connectivity index (χ3n) is 1.36. The van der Waals surface area contributed by atoms with E-state index in [1.54, 1.807) is 0 Å². The number of carbonyl (C=O) groups excluding carboxylic acids is 1. The summed E-state index contributed by atoms with van der Waals surface area (Å²) in [4.78, 5) is 11.0. The summed E-state index contributed by atoms with van der Waals surface area (Å²) < 4.78 is 0. The minimum atomic E-state index is 0.0625. The van der Waals surface area contributed by atoms with Crippen molar-refractivity contribution >= 4 is 5.91 Å². The molecule has 0 aliphatic heterocycles. The van der Waals surface area contributed by atoms with Crippen LogP contribution in [0.4, 0.5) is 0 Å². The lowest BCUT2D eigenvalue weighted by Crippen LogP contribution is -2.24. The van der Waals surface area contributed by atoms with Gasteiger partial charge in [0.1, 0.15) is 0 Å². The first-order chi connectivity index (χ1) is 4.76. The first kappa shape index (κ1) is 9.21. The first-order valence-corrected chi connectivity index (χ1v) is 3.69. The van der Waals surface area contributed by atoms with E-state index in [4.69, 9.17) is 0 Å². The average molecular weight is 141 g/mol. The van der Waals surface area contributed by atoms with E-state index in [1.165, 1.54) is 0 Å². The van der Waals surface area contributed by atoms with E-state index in [-0.39, 0.29) is 5.91 Å². The highest BCUT2D eigenvalue weighted by atomic mass is 16.1. The average Bonchev–Trinajstić information content (AvgIpc) is 1.91. The maximum absolute atomic E-state index is 11.0. The van der Waals surface area contributed by atoms with Crippen LogP contribution in [0.25, 0.3) is 0 Å². The molecule has 0 unspecified atom stereocenters. The molecule has 0 heterocycles. The molecular formula is C8H15NO. The quantitative estimate of drug-likeness (QED) is 0.592. The Bertz CT molecular complexity index is 138. The fraction of sp³-hybridized carbons (Fsp3) is 0.625. The van der Waals surface area contributed by atoms with Crippen LogP contribution in [0.3, 0.4) is 0 Å². The molecule has 0 fully saturated rings. The van der Waals surface area contributed by atoms with Crippen LogP contribution >= 0.6 is 0 Å². The van der Waals surface area contributed by atoms with Crippen LogP contribution in [0.5, 0.6) is 0 Å². The molecule has 1 N–H and O–H groups in total. The minimum absolute atomic E-state index is 0.0625. The lowest BCUT2D eigenvalue weighted by atomic mass is 10.2. The van der Waals surface area contributed by atoms with Crippen molar-refractivity contribution in [1.82, 2.24) is 5.32 Å². The van der Waals surface area contributed by atoms with Crippen molar-refractivity contribution in [3.63, 3.8) is 0 Å². The van der Waals surface area contributed by atoms with E-state index in [2.05, 4.69) is 5.32 Å². The highest BCUT2D eigenvalue weighted by molar-refractivity contribution is 5.93. The van der Waals surface area contributed by atoms with Crippen molar-refractivity contribution in [2.24, 2.45) is 0 Å². The van der Waals surface area contributed by atoms with Gasteiger partial charge < -0.3 is 5.32 Å². The summed E-state index contributed by atoms with van der Waals surface area (Å²) in [5.74, 6) is 0.0625. The van der Waals surface area contributed by atoms with E-state index in [0.29, 0.717) is 6.54 Å². The normalized spacial score (nSPS) is 11.3. The summed E-state index contributed by atoms with van der Waals surface area (Å²) in [7, 11) is 0.